The third-order valence-corrected chi connectivity index (χ3v) is 34.1. The maximum Gasteiger partial charge on any atom is 0.292 e. The predicted molar refractivity (Wildman–Crippen MR) is 612 cm³/mol. The van der Waals surface area contributed by atoms with Gasteiger partial charge in [0.1, 0.15) is 26.6 Å². The molecule has 0 aliphatic carbocycles. The van der Waals surface area contributed by atoms with Crippen LogP contribution in [-0.4, -0.2) is 47.8 Å². The van der Waals surface area contributed by atoms with Crippen molar-refractivity contribution >= 4 is 163 Å². The second-order valence-corrected chi connectivity index (χ2v) is 48.8. The van der Waals surface area contributed by atoms with Crippen LogP contribution < -0.4 is 22.8 Å². The first-order valence-electron chi connectivity index (χ1n) is 50.0. The second kappa shape index (κ2) is 38.0. The predicted octanol–water partition coefficient (Wildman–Crippen LogP) is 30.6. The highest BCUT2D eigenvalue weighted by molar-refractivity contribution is 7.22. The van der Waals surface area contributed by atoms with E-state index >= 15 is 0 Å². The molecule has 0 aliphatic rings. The van der Waals surface area contributed by atoms with Crippen molar-refractivity contribution in [2.45, 2.75) is 194 Å². The van der Waals surface area contributed by atoms with Crippen LogP contribution >= 0.6 is 56.7 Å². The van der Waals surface area contributed by atoms with Gasteiger partial charge in [-0.3, -0.25) is 0 Å². The van der Waals surface area contributed by atoms with Crippen molar-refractivity contribution in [2.75, 3.05) is 0 Å². The average molecular weight is 1990 g/mol. The van der Waals surface area contributed by atoms with Crippen molar-refractivity contribution < 1.29 is 22.8 Å². The first-order valence-corrected chi connectivity index (χ1v) is 54.1. The van der Waals surface area contributed by atoms with Gasteiger partial charge in [-0.25, -0.2) is 70.6 Å². The van der Waals surface area contributed by atoms with Gasteiger partial charge in [-0.2, -0.15) is 0 Å². The molecule has 144 heavy (non-hydrogen) atoms. The molecule has 23 rings (SSSR count). The summed E-state index contributed by atoms with van der Waals surface area (Å²) in [6, 6.07) is 87.0. The van der Waals surface area contributed by atoms with Crippen LogP contribution in [0.25, 0.3) is 195 Å². The quantitative estimate of drug-likeness (QED) is 0.134. The fraction of sp³-hybridized carbons (Fsp3) is 0.290. The number of fused-ring (bicyclic) bond motifs is 10. The SMILES string of the molecule is Cc1cc(-c2ccccc2)cc(C)c1-c1nc2c(-c3n(C)c4ccccc4[n+]3C)c(C)ccc2s1.Cc1ccc2sc(C(C)(C)C)nc2c1-c1n(C(C)(C)C)c2ccccc2[n+]1C.Cc1ccc2sc(C(C)C)nc2c1-c1n(C(C)(C)C)c2ccccc2[n+]1C.Cc1cccc(C)c1-c1nc2c(-c3n(C)c4ccccc4[n+]3C)c(C)ccc2s1.Cc1nc2c(-c3n(C(C)(C)C)c4ccccc4[n+]3C)c(C)ccc2s1. The number of hydrogen-bond donors (Lipinski definition) is 0. The lowest BCUT2D eigenvalue weighted by molar-refractivity contribution is -0.634. The highest BCUT2D eigenvalue weighted by atomic mass is 32.1. The van der Waals surface area contributed by atoms with E-state index in [0.29, 0.717) is 5.92 Å². The molecule has 0 spiro atoms. The smallest absolute Gasteiger partial charge is 0.241 e. The maximum absolute atomic E-state index is 5.29. The molecule has 0 atom stereocenters. The van der Waals surface area contributed by atoms with Gasteiger partial charge < -0.3 is 0 Å². The fourth-order valence-corrected chi connectivity index (χ4v) is 26.7. The van der Waals surface area contributed by atoms with Gasteiger partial charge in [-0.1, -0.05) is 186 Å². The van der Waals surface area contributed by atoms with Crippen LogP contribution in [0.2, 0.25) is 0 Å². The zero-order valence-electron chi connectivity index (χ0n) is 89.4. The van der Waals surface area contributed by atoms with Crippen molar-refractivity contribution in [1.82, 2.24) is 47.8 Å². The van der Waals surface area contributed by atoms with Gasteiger partial charge in [0.05, 0.1) is 143 Å². The molecule has 20 heteroatoms. The number of thiazole rings is 5. The third-order valence-electron chi connectivity index (χ3n) is 28.3. The normalized spacial score (nSPS) is 12.2. The van der Waals surface area contributed by atoms with E-state index in [1.807, 2.05) is 22.7 Å². The van der Waals surface area contributed by atoms with Crippen LogP contribution in [-0.2, 0) is 71.4 Å². The van der Waals surface area contributed by atoms with Gasteiger partial charge in [-0.05, 0) is 284 Å². The van der Waals surface area contributed by atoms with Crippen molar-refractivity contribution in [1.29, 1.82) is 0 Å². The fourth-order valence-electron chi connectivity index (χ4n) is 21.5. The summed E-state index contributed by atoms with van der Waals surface area (Å²) in [5.74, 6) is 6.49. The molecule has 0 radical (unpaired) electrons. The number of rotatable bonds is 9. The lowest BCUT2D eigenvalue weighted by Crippen LogP contribution is -2.33. The molecule has 0 aliphatic heterocycles. The highest BCUT2D eigenvalue weighted by Crippen LogP contribution is 2.47. The first-order chi connectivity index (χ1) is 68.4. The number of aryl methyl sites for hydroxylation is 17. The van der Waals surface area contributed by atoms with E-state index in [1.165, 1.54) is 218 Å². The summed E-state index contributed by atoms with van der Waals surface area (Å²) in [5, 5.41) is 5.70. The Bertz CT molecular complexity index is 8880. The molecule has 0 bridgehead atoms. The van der Waals surface area contributed by atoms with Crippen LogP contribution in [0.3, 0.4) is 0 Å². The molecule has 10 heterocycles. The largest absolute Gasteiger partial charge is 0.292 e. The van der Waals surface area contributed by atoms with Crippen LogP contribution in [0.4, 0.5) is 0 Å². The number of aromatic nitrogens is 15. The number of nitrogens with zero attached hydrogens (tertiary/aromatic N) is 15. The van der Waals surface area contributed by atoms with E-state index < -0.39 is 0 Å². The molecule has 0 saturated heterocycles. The van der Waals surface area contributed by atoms with E-state index in [4.69, 9.17) is 24.9 Å². The number of benzene rings is 13. The van der Waals surface area contributed by atoms with Gasteiger partial charge in [0.25, 0.3) is 29.1 Å². The van der Waals surface area contributed by atoms with Gasteiger partial charge in [0.15, 0.2) is 55.2 Å². The topological polar surface area (TPSA) is 108 Å². The van der Waals surface area contributed by atoms with Crippen molar-refractivity contribution in [3.8, 4) is 89.2 Å². The van der Waals surface area contributed by atoms with Gasteiger partial charge in [0, 0.05) is 22.5 Å². The molecular formula is C124H134N15S5+5. The van der Waals surface area contributed by atoms with E-state index in [2.05, 4.69) is 504 Å². The Labute approximate surface area is 867 Å². The average Bonchev–Trinajstić information content (AvgIpc) is 1.59. The van der Waals surface area contributed by atoms with Crippen molar-refractivity contribution in [2.24, 2.45) is 49.3 Å². The van der Waals surface area contributed by atoms with Gasteiger partial charge >= 0.3 is 0 Å². The summed E-state index contributed by atoms with van der Waals surface area (Å²) < 4.78 is 29.8. The third kappa shape index (κ3) is 17.7. The summed E-state index contributed by atoms with van der Waals surface area (Å²) in [6.45, 7) is 53.4. The molecule has 10 aromatic heterocycles. The molecule has 23 aromatic rings. The summed E-state index contributed by atoms with van der Waals surface area (Å²) >= 11 is 8.98. The first kappa shape index (κ1) is 99.4. The maximum atomic E-state index is 5.29. The minimum absolute atomic E-state index is 0.0319. The molecule has 0 N–H and O–H groups in total. The summed E-state index contributed by atoms with van der Waals surface area (Å²) in [6.07, 6.45) is 0. The Morgan fingerprint density at radius 1 is 0.257 bits per heavy atom. The lowest BCUT2D eigenvalue weighted by Gasteiger charge is -2.19. The van der Waals surface area contributed by atoms with Crippen LogP contribution in [0.15, 0.2) is 243 Å². The van der Waals surface area contributed by atoms with Crippen molar-refractivity contribution in [3.63, 3.8) is 0 Å². The Hall–Kier alpha value is -13.3. The number of hydrogen-bond acceptors (Lipinski definition) is 10. The Morgan fingerprint density at radius 2 is 0.542 bits per heavy atom. The van der Waals surface area contributed by atoms with Crippen LogP contribution in [0.5, 0.6) is 0 Å². The Morgan fingerprint density at radius 3 is 0.896 bits per heavy atom. The van der Waals surface area contributed by atoms with E-state index in [1.54, 1.807) is 34.0 Å². The van der Waals surface area contributed by atoms with E-state index in [9.17, 15) is 0 Å². The summed E-state index contributed by atoms with van der Waals surface area (Å²) in [7, 11) is 15.1. The zero-order chi connectivity index (χ0) is 102. The minimum atomic E-state index is -0.0479. The molecule has 0 amide bonds. The highest BCUT2D eigenvalue weighted by Gasteiger charge is 2.40. The summed E-state index contributed by atoms with van der Waals surface area (Å²) in [5.41, 5.74) is 40.4. The molecule has 0 saturated carbocycles. The Balaban J connectivity index is 0.000000114. The molecule has 13 aromatic carbocycles. The molecule has 730 valence electrons. The molecule has 0 unspecified atom stereocenters. The van der Waals surface area contributed by atoms with E-state index in [0.717, 1.165) is 42.6 Å². The van der Waals surface area contributed by atoms with Crippen LogP contribution in [0, 0.1) is 69.2 Å². The number of imidazole rings is 5. The minimum Gasteiger partial charge on any atom is -0.241 e. The van der Waals surface area contributed by atoms with Crippen LogP contribution in [0.1, 0.15) is 168 Å². The lowest BCUT2D eigenvalue weighted by atomic mass is 9.96. The Kier molecular flexibility index (Phi) is 26.2. The molecule has 15 nitrogen and oxygen atoms in total. The van der Waals surface area contributed by atoms with Gasteiger partial charge in [-0.15, -0.1) is 56.7 Å². The molecular weight excluding hydrogens is 1860 g/mol. The summed E-state index contributed by atoms with van der Waals surface area (Å²) in [4.78, 5) is 25.6. The standard InChI is InChI=1S/C31H28N3S.C25H24N3S.C24H30N3S.C23H28N3S.C21H24N3S/c1-19-15-16-26-29(28(19)31-33(4)24-13-9-10-14-25(24)34(31)5)32-30(35-26)27-20(2)17-23(18-21(27)3)22-11-7-6-8-12-22;1-15-9-8-10-16(2)21(15)24-26-23-20(29-24)14-13-17(3)22(23)25-27(4)18-11-6-7-12-19(18)28(25)5;1-15-13-14-18-20(25-22(28-18)23(2,3)4)19(15)21-26(8)16-11-9-10-12-17(16)27(21)24(5,6)7;1-14(2)21-24-20-18(27-21)13-12-15(3)19(20)22-25(7)16-10-8-9-11-17(16)26(22)23(4,5)6;1-13-11-12-17-19(22-14(2)25-17)18(13)20-23(6)15-9-7-8-10-16(15)24(20)21(3,4)5/h6-18H,1-5H3;6-14H,1-5H3;9-14H,1-8H3;8-14H,1-7H3;7-12H,1-6H3/q5*+1. The van der Waals surface area contributed by atoms with E-state index in [-0.39, 0.29) is 22.0 Å². The second-order valence-electron chi connectivity index (χ2n) is 43.4. The molecule has 0 fully saturated rings. The van der Waals surface area contributed by atoms with Crippen molar-refractivity contribution in [3.05, 3.63) is 308 Å². The number of para-hydroxylation sites is 10. The van der Waals surface area contributed by atoms with Gasteiger partial charge in [0.2, 0.25) is 0 Å². The zero-order valence-corrected chi connectivity index (χ0v) is 93.5. The monoisotopic (exact) mass is 1990 g/mol.